The minimum Gasteiger partial charge on any atom is -0.455 e. The van der Waals surface area contributed by atoms with Crippen molar-refractivity contribution in [2.24, 2.45) is 0 Å². The van der Waals surface area contributed by atoms with Crippen molar-refractivity contribution in [3.63, 3.8) is 0 Å². The summed E-state index contributed by atoms with van der Waals surface area (Å²) >= 11 is 0. The van der Waals surface area contributed by atoms with Crippen molar-refractivity contribution in [2.45, 2.75) is 26.3 Å². The monoisotopic (exact) mass is 291 g/mol. The summed E-state index contributed by atoms with van der Waals surface area (Å²) in [5, 5.41) is 3.43. The van der Waals surface area contributed by atoms with E-state index in [2.05, 4.69) is 35.6 Å². The molecule has 0 spiro atoms. The van der Waals surface area contributed by atoms with Gasteiger partial charge in [0.05, 0.1) is 0 Å². The van der Waals surface area contributed by atoms with Crippen molar-refractivity contribution in [1.82, 2.24) is 5.32 Å². The Morgan fingerprint density at radius 3 is 2.60 bits per heavy atom. The van der Waals surface area contributed by atoms with Crippen LogP contribution in [0.3, 0.4) is 0 Å². The zero-order valence-corrected chi connectivity index (χ0v) is 12.2. The van der Waals surface area contributed by atoms with E-state index in [0.29, 0.717) is 0 Å². The van der Waals surface area contributed by atoms with Crippen LogP contribution in [0.5, 0.6) is 11.5 Å². The molecule has 3 nitrogen and oxygen atoms in total. The summed E-state index contributed by atoms with van der Waals surface area (Å²) in [4.78, 5) is 0. The van der Waals surface area contributed by atoms with Gasteiger partial charge in [0, 0.05) is 31.6 Å². The summed E-state index contributed by atoms with van der Waals surface area (Å²) in [5.74, 6) is 1.79. The summed E-state index contributed by atoms with van der Waals surface area (Å²) < 4.78 is 11.1. The summed E-state index contributed by atoms with van der Waals surface area (Å²) in [6.45, 7) is 3.55. The smallest absolute Gasteiger partial charge is 0.238 e. The van der Waals surface area contributed by atoms with E-state index in [-0.39, 0.29) is 18.7 Å². The van der Waals surface area contributed by atoms with E-state index in [1.807, 2.05) is 25.1 Å². The van der Waals surface area contributed by atoms with E-state index in [1.54, 1.807) is 0 Å². The molecule has 4 heteroatoms. The zero-order chi connectivity index (χ0) is 13.1. The fourth-order valence-corrected chi connectivity index (χ4v) is 2.20. The van der Waals surface area contributed by atoms with Gasteiger partial charge >= 0.3 is 0 Å². The van der Waals surface area contributed by atoms with Crippen LogP contribution in [0.25, 0.3) is 0 Å². The molecule has 2 bridgehead atoms. The predicted molar refractivity (Wildman–Crippen MR) is 81.4 cm³/mol. The molecule has 0 fully saturated rings. The Balaban J connectivity index is 0.00000147. The topological polar surface area (TPSA) is 30.5 Å². The quantitative estimate of drug-likeness (QED) is 0.935. The summed E-state index contributed by atoms with van der Waals surface area (Å²) in [6.07, 6.45) is -0.205. The van der Waals surface area contributed by atoms with Crippen LogP contribution >= 0.6 is 12.4 Å². The molecule has 0 amide bonds. The first kappa shape index (κ1) is 14.7. The van der Waals surface area contributed by atoms with E-state index >= 15 is 0 Å². The van der Waals surface area contributed by atoms with Crippen molar-refractivity contribution in [3.8, 4) is 11.5 Å². The minimum atomic E-state index is -0.205. The molecule has 1 aliphatic heterocycles. The van der Waals surface area contributed by atoms with Gasteiger partial charge in [0.1, 0.15) is 11.5 Å². The highest BCUT2D eigenvalue weighted by Crippen LogP contribution is 2.30. The normalized spacial score (nSPS) is 15.8. The average Bonchev–Trinajstić information content (AvgIpc) is 2.42. The van der Waals surface area contributed by atoms with E-state index in [0.717, 1.165) is 30.2 Å². The number of benzene rings is 2. The molecule has 1 N–H and O–H groups in total. The lowest BCUT2D eigenvalue weighted by atomic mass is 10.1. The molecule has 1 atom stereocenters. The SMILES string of the molecule is CC1Oc2ccc(CNCc3ccccc3)c(c2)O1.Cl. The molecule has 3 rings (SSSR count). The van der Waals surface area contributed by atoms with Crippen LogP contribution in [0.2, 0.25) is 0 Å². The first-order valence-electron chi connectivity index (χ1n) is 6.52. The number of hydrogen-bond acceptors (Lipinski definition) is 3. The second-order valence-electron chi connectivity index (χ2n) is 4.66. The number of fused-ring (bicyclic) bond motifs is 2. The lowest BCUT2D eigenvalue weighted by molar-refractivity contribution is 0.00958. The van der Waals surface area contributed by atoms with Gasteiger partial charge in [-0.1, -0.05) is 36.4 Å². The maximum absolute atomic E-state index is 5.66. The standard InChI is InChI=1S/C16H17NO2.ClH/c1-12-18-15-8-7-14(16(9-15)19-12)11-17-10-13-5-3-2-4-6-13;/h2-9,12,17H,10-11H2,1H3;1H. The Labute approximate surface area is 125 Å². The Morgan fingerprint density at radius 2 is 1.80 bits per heavy atom. The van der Waals surface area contributed by atoms with Crippen molar-refractivity contribution >= 4 is 12.4 Å². The van der Waals surface area contributed by atoms with Crippen LogP contribution < -0.4 is 14.8 Å². The molecule has 2 aromatic rings. The zero-order valence-electron chi connectivity index (χ0n) is 11.3. The molecular formula is C16H18ClNO2. The van der Waals surface area contributed by atoms with Crippen LogP contribution in [0.15, 0.2) is 48.5 Å². The lowest BCUT2D eigenvalue weighted by Crippen LogP contribution is -2.24. The number of nitrogens with one attached hydrogen (secondary N) is 1. The Hall–Kier alpha value is -1.71. The van der Waals surface area contributed by atoms with E-state index in [9.17, 15) is 0 Å². The molecular weight excluding hydrogens is 274 g/mol. The number of ether oxygens (including phenoxy) is 2. The predicted octanol–water partition coefficient (Wildman–Crippen LogP) is 3.52. The molecule has 0 radical (unpaired) electrons. The molecule has 0 aromatic heterocycles. The van der Waals surface area contributed by atoms with Crippen LogP contribution in [-0.2, 0) is 13.1 Å². The Morgan fingerprint density at radius 1 is 1.00 bits per heavy atom. The highest BCUT2D eigenvalue weighted by molar-refractivity contribution is 5.85. The van der Waals surface area contributed by atoms with Gasteiger partial charge in [-0.25, -0.2) is 0 Å². The second kappa shape index (κ2) is 6.64. The van der Waals surface area contributed by atoms with Crippen LogP contribution in [0.1, 0.15) is 18.1 Å². The Kier molecular flexibility index (Phi) is 4.88. The van der Waals surface area contributed by atoms with Crippen molar-refractivity contribution in [1.29, 1.82) is 0 Å². The number of rotatable bonds is 4. The van der Waals surface area contributed by atoms with E-state index < -0.39 is 0 Å². The van der Waals surface area contributed by atoms with E-state index in [4.69, 9.17) is 9.47 Å². The fraction of sp³-hybridized carbons (Fsp3) is 0.250. The molecule has 20 heavy (non-hydrogen) atoms. The Bertz CT molecular complexity index is 560. The van der Waals surface area contributed by atoms with Crippen molar-refractivity contribution in [3.05, 3.63) is 59.7 Å². The molecule has 106 valence electrons. The molecule has 0 aliphatic carbocycles. The van der Waals surface area contributed by atoms with Crippen molar-refractivity contribution < 1.29 is 9.47 Å². The molecule has 2 aromatic carbocycles. The van der Waals surface area contributed by atoms with Gasteiger partial charge in [-0.3, -0.25) is 0 Å². The van der Waals surface area contributed by atoms with Crippen LogP contribution in [-0.4, -0.2) is 6.29 Å². The molecule has 1 heterocycles. The molecule has 1 unspecified atom stereocenters. The average molecular weight is 292 g/mol. The molecule has 1 aliphatic rings. The number of hydrogen-bond donors (Lipinski definition) is 1. The highest BCUT2D eigenvalue weighted by atomic mass is 35.5. The minimum absolute atomic E-state index is 0. The largest absolute Gasteiger partial charge is 0.455 e. The van der Waals surface area contributed by atoms with Crippen molar-refractivity contribution in [2.75, 3.05) is 0 Å². The molecule has 0 saturated heterocycles. The van der Waals surface area contributed by atoms with Crippen LogP contribution in [0, 0.1) is 0 Å². The summed E-state index contributed by atoms with van der Waals surface area (Å²) in [6, 6.07) is 16.4. The van der Waals surface area contributed by atoms with Gasteiger partial charge in [0.25, 0.3) is 0 Å². The van der Waals surface area contributed by atoms with Gasteiger partial charge < -0.3 is 14.8 Å². The van der Waals surface area contributed by atoms with E-state index in [1.165, 1.54) is 5.56 Å². The van der Waals surface area contributed by atoms with Crippen LogP contribution in [0.4, 0.5) is 0 Å². The van der Waals surface area contributed by atoms with Gasteiger partial charge in [-0.2, -0.15) is 0 Å². The van der Waals surface area contributed by atoms with Gasteiger partial charge in [-0.05, 0) is 11.6 Å². The summed E-state index contributed by atoms with van der Waals surface area (Å²) in [7, 11) is 0. The fourth-order valence-electron chi connectivity index (χ4n) is 2.20. The third kappa shape index (κ3) is 3.44. The second-order valence-corrected chi connectivity index (χ2v) is 4.66. The molecule has 0 saturated carbocycles. The maximum atomic E-state index is 5.66. The van der Waals surface area contributed by atoms with Gasteiger partial charge in [0.15, 0.2) is 0 Å². The maximum Gasteiger partial charge on any atom is 0.238 e. The van der Waals surface area contributed by atoms with Gasteiger partial charge in [-0.15, -0.1) is 12.4 Å². The highest BCUT2D eigenvalue weighted by Gasteiger charge is 2.16. The first-order chi connectivity index (χ1) is 9.31. The lowest BCUT2D eigenvalue weighted by Gasteiger charge is -2.24. The first-order valence-corrected chi connectivity index (χ1v) is 6.52. The third-order valence-electron chi connectivity index (χ3n) is 3.12. The third-order valence-corrected chi connectivity index (χ3v) is 3.12. The number of halogens is 1. The summed E-state index contributed by atoms with van der Waals surface area (Å²) in [5.41, 5.74) is 2.44. The van der Waals surface area contributed by atoms with Gasteiger partial charge in [0.2, 0.25) is 6.29 Å².